The minimum Gasteiger partial charge on any atom is -0.307 e. The van der Waals surface area contributed by atoms with Crippen LogP contribution in [0.25, 0.3) is 5.65 Å². The Bertz CT molecular complexity index is 693. The lowest BCUT2D eigenvalue weighted by molar-refractivity contribution is 0.649. The number of pyridine rings is 1. The summed E-state index contributed by atoms with van der Waals surface area (Å²) in [4.78, 5) is 4.58. The summed E-state index contributed by atoms with van der Waals surface area (Å²) < 4.78 is 3.98. The monoisotopic (exact) mass is 274 g/mol. The molecule has 0 aliphatic heterocycles. The Morgan fingerprint density at radius 1 is 1.26 bits per heavy atom. The zero-order valence-corrected chi connectivity index (χ0v) is 11.7. The van der Waals surface area contributed by atoms with Crippen LogP contribution < -0.4 is 0 Å². The minimum absolute atomic E-state index is 0.503. The normalized spacial score (nSPS) is 11.3. The molecule has 0 atom stereocenters. The highest BCUT2D eigenvalue weighted by atomic mass is 35.5. The standard InChI is InChI=1S/C14H15ClN4/c1-10-13(7-15)11(2)19(17-10)9-12-8-18-6-4-3-5-14(18)16-12/h3-6,8H,7,9H2,1-2H3. The van der Waals surface area contributed by atoms with Gasteiger partial charge in [0.05, 0.1) is 23.8 Å². The molecule has 0 bridgehead atoms. The molecule has 0 unspecified atom stereocenters. The third kappa shape index (κ3) is 2.12. The highest BCUT2D eigenvalue weighted by Gasteiger charge is 2.11. The number of hydrogen-bond acceptors (Lipinski definition) is 2. The van der Waals surface area contributed by atoms with Crippen LogP contribution in [-0.4, -0.2) is 19.2 Å². The fourth-order valence-electron chi connectivity index (χ4n) is 2.30. The topological polar surface area (TPSA) is 35.1 Å². The van der Waals surface area contributed by atoms with E-state index in [0.717, 1.165) is 28.3 Å². The van der Waals surface area contributed by atoms with Crippen LogP contribution in [0, 0.1) is 13.8 Å². The highest BCUT2D eigenvalue weighted by Crippen LogP contribution is 2.16. The van der Waals surface area contributed by atoms with Gasteiger partial charge in [0, 0.05) is 23.7 Å². The van der Waals surface area contributed by atoms with Gasteiger partial charge >= 0.3 is 0 Å². The van der Waals surface area contributed by atoms with Crippen molar-refractivity contribution < 1.29 is 0 Å². The van der Waals surface area contributed by atoms with E-state index in [9.17, 15) is 0 Å². The summed E-state index contributed by atoms with van der Waals surface area (Å²) in [5.41, 5.74) is 5.18. The molecule has 4 nitrogen and oxygen atoms in total. The van der Waals surface area contributed by atoms with E-state index in [2.05, 4.69) is 10.1 Å². The molecular weight excluding hydrogens is 260 g/mol. The zero-order chi connectivity index (χ0) is 13.4. The molecule has 0 saturated heterocycles. The summed E-state index contributed by atoms with van der Waals surface area (Å²) in [5, 5.41) is 4.53. The second-order valence-corrected chi connectivity index (χ2v) is 4.91. The first kappa shape index (κ1) is 12.2. The highest BCUT2D eigenvalue weighted by molar-refractivity contribution is 6.17. The number of aryl methyl sites for hydroxylation is 1. The zero-order valence-electron chi connectivity index (χ0n) is 11.0. The van der Waals surface area contributed by atoms with Crippen molar-refractivity contribution in [3.05, 3.63) is 53.2 Å². The molecule has 3 rings (SSSR count). The number of fused-ring (bicyclic) bond motifs is 1. The molecule has 0 radical (unpaired) electrons. The Hall–Kier alpha value is -1.81. The largest absolute Gasteiger partial charge is 0.307 e. The molecule has 3 aromatic rings. The average molecular weight is 275 g/mol. The Kier molecular flexibility index (Phi) is 3.03. The van der Waals surface area contributed by atoms with E-state index < -0.39 is 0 Å². The van der Waals surface area contributed by atoms with Gasteiger partial charge in [0.15, 0.2) is 0 Å². The van der Waals surface area contributed by atoms with Crippen molar-refractivity contribution in [2.24, 2.45) is 0 Å². The Morgan fingerprint density at radius 3 is 2.79 bits per heavy atom. The van der Waals surface area contributed by atoms with Crippen LogP contribution in [0.3, 0.4) is 0 Å². The molecule has 3 heterocycles. The van der Waals surface area contributed by atoms with Crippen LogP contribution >= 0.6 is 11.6 Å². The maximum absolute atomic E-state index is 5.94. The molecule has 98 valence electrons. The van der Waals surface area contributed by atoms with E-state index in [0.29, 0.717) is 12.4 Å². The van der Waals surface area contributed by atoms with Gasteiger partial charge in [0.2, 0.25) is 0 Å². The molecule has 5 heteroatoms. The molecule has 0 spiro atoms. The third-order valence-corrected chi connectivity index (χ3v) is 3.66. The fraction of sp³-hybridized carbons (Fsp3) is 0.286. The maximum Gasteiger partial charge on any atom is 0.137 e. The molecule has 0 amide bonds. The van der Waals surface area contributed by atoms with Gasteiger partial charge in [-0.25, -0.2) is 4.98 Å². The quantitative estimate of drug-likeness (QED) is 0.689. The van der Waals surface area contributed by atoms with Gasteiger partial charge in [-0.05, 0) is 26.0 Å². The number of rotatable bonds is 3. The lowest BCUT2D eigenvalue weighted by Crippen LogP contribution is -2.04. The Morgan fingerprint density at radius 2 is 2.11 bits per heavy atom. The molecule has 19 heavy (non-hydrogen) atoms. The SMILES string of the molecule is Cc1nn(Cc2cn3ccccc3n2)c(C)c1CCl. The second kappa shape index (κ2) is 4.70. The van der Waals surface area contributed by atoms with Gasteiger partial charge in [-0.2, -0.15) is 5.10 Å². The number of hydrogen-bond donors (Lipinski definition) is 0. The predicted molar refractivity (Wildman–Crippen MR) is 75.6 cm³/mol. The van der Waals surface area contributed by atoms with Crippen molar-refractivity contribution in [2.75, 3.05) is 0 Å². The first-order valence-corrected chi connectivity index (χ1v) is 6.74. The summed E-state index contributed by atoms with van der Waals surface area (Å²) in [6, 6.07) is 5.98. The van der Waals surface area contributed by atoms with Crippen LogP contribution in [0.2, 0.25) is 0 Å². The maximum atomic E-state index is 5.94. The third-order valence-electron chi connectivity index (χ3n) is 3.39. The van der Waals surface area contributed by atoms with Gasteiger partial charge in [-0.3, -0.25) is 4.68 Å². The number of aromatic nitrogens is 4. The van der Waals surface area contributed by atoms with E-state index in [1.54, 1.807) is 0 Å². The summed E-state index contributed by atoms with van der Waals surface area (Å²) >= 11 is 5.94. The van der Waals surface area contributed by atoms with Gasteiger partial charge in [0.1, 0.15) is 5.65 Å². The van der Waals surface area contributed by atoms with Crippen molar-refractivity contribution in [3.63, 3.8) is 0 Å². The van der Waals surface area contributed by atoms with E-state index >= 15 is 0 Å². The Labute approximate surface area is 116 Å². The lowest BCUT2D eigenvalue weighted by Gasteiger charge is -2.01. The summed E-state index contributed by atoms with van der Waals surface area (Å²) in [5.74, 6) is 0.503. The molecule has 0 fully saturated rings. The first-order chi connectivity index (χ1) is 9.19. The number of imidazole rings is 1. The summed E-state index contributed by atoms with van der Waals surface area (Å²) in [7, 11) is 0. The average Bonchev–Trinajstić information content (AvgIpc) is 2.91. The lowest BCUT2D eigenvalue weighted by atomic mass is 10.2. The molecule has 0 saturated carbocycles. The van der Waals surface area contributed by atoms with Gasteiger partial charge in [-0.15, -0.1) is 11.6 Å². The molecule has 0 N–H and O–H groups in total. The smallest absolute Gasteiger partial charge is 0.137 e. The molecule has 0 aromatic carbocycles. The van der Waals surface area contributed by atoms with Crippen LogP contribution in [0.15, 0.2) is 30.6 Å². The summed E-state index contributed by atoms with van der Waals surface area (Å²) in [6.45, 7) is 4.71. The van der Waals surface area contributed by atoms with Crippen LogP contribution in [-0.2, 0) is 12.4 Å². The molecule has 0 aliphatic carbocycles. The van der Waals surface area contributed by atoms with E-state index in [4.69, 9.17) is 11.6 Å². The Balaban J connectivity index is 1.96. The van der Waals surface area contributed by atoms with Crippen LogP contribution in [0.1, 0.15) is 22.6 Å². The minimum atomic E-state index is 0.503. The van der Waals surface area contributed by atoms with E-state index in [-0.39, 0.29) is 0 Å². The fourth-order valence-corrected chi connectivity index (χ4v) is 2.68. The van der Waals surface area contributed by atoms with Gasteiger partial charge < -0.3 is 4.40 Å². The first-order valence-electron chi connectivity index (χ1n) is 6.20. The van der Waals surface area contributed by atoms with E-state index in [1.807, 2.05) is 53.5 Å². The van der Waals surface area contributed by atoms with Crippen LogP contribution in [0.4, 0.5) is 0 Å². The van der Waals surface area contributed by atoms with Crippen molar-refractivity contribution in [1.29, 1.82) is 0 Å². The van der Waals surface area contributed by atoms with Gasteiger partial charge in [-0.1, -0.05) is 6.07 Å². The number of alkyl halides is 1. The van der Waals surface area contributed by atoms with Crippen molar-refractivity contribution in [1.82, 2.24) is 19.2 Å². The summed E-state index contributed by atoms with van der Waals surface area (Å²) in [6.07, 6.45) is 4.03. The molecule has 3 aromatic heterocycles. The molecule has 0 aliphatic rings. The van der Waals surface area contributed by atoms with E-state index in [1.165, 1.54) is 0 Å². The second-order valence-electron chi connectivity index (χ2n) is 4.64. The number of halogens is 1. The number of nitrogens with zero attached hydrogens (tertiary/aromatic N) is 4. The predicted octanol–water partition coefficient (Wildman–Crippen LogP) is 2.93. The molecular formula is C14H15ClN4. The van der Waals surface area contributed by atoms with Crippen molar-refractivity contribution in [2.45, 2.75) is 26.3 Å². The van der Waals surface area contributed by atoms with Crippen molar-refractivity contribution >= 4 is 17.2 Å². The van der Waals surface area contributed by atoms with Gasteiger partial charge in [0.25, 0.3) is 0 Å². The van der Waals surface area contributed by atoms with Crippen molar-refractivity contribution in [3.8, 4) is 0 Å². The van der Waals surface area contributed by atoms with Crippen LogP contribution in [0.5, 0.6) is 0 Å².